The van der Waals surface area contributed by atoms with Crippen LogP contribution < -0.4 is 0 Å². The molecule has 1 aromatic heterocycles. The molecule has 0 saturated carbocycles. The quantitative estimate of drug-likeness (QED) is 0.267. The second kappa shape index (κ2) is 16.4. The van der Waals surface area contributed by atoms with E-state index in [1.807, 2.05) is 24.4 Å². The first-order valence-corrected chi connectivity index (χ1v) is 8.02. The molecule has 2 heteroatoms. The minimum absolute atomic E-state index is 0.782. The zero-order chi connectivity index (χ0) is 15.6. The number of aldehydes is 1. The fourth-order valence-electron chi connectivity index (χ4n) is 1.71. The van der Waals surface area contributed by atoms with Crippen molar-refractivity contribution in [2.75, 3.05) is 0 Å². The van der Waals surface area contributed by atoms with Gasteiger partial charge in [0.05, 0.1) is 0 Å². The summed E-state index contributed by atoms with van der Waals surface area (Å²) in [5.74, 6) is 0. The molecule has 21 heavy (non-hydrogen) atoms. The molecule has 0 fully saturated rings. The van der Waals surface area contributed by atoms with Crippen LogP contribution in [0.2, 0.25) is 0 Å². The van der Waals surface area contributed by atoms with Crippen LogP contribution in [0.4, 0.5) is 0 Å². The van der Waals surface area contributed by atoms with E-state index < -0.39 is 0 Å². The van der Waals surface area contributed by atoms with E-state index in [9.17, 15) is 4.79 Å². The molecule has 0 bridgehead atoms. The van der Waals surface area contributed by atoms with Crippen LogP contribution in [-0.4, -0.2) is 11.3 Å². The third-order valence-corrected chi connectivity index (χ3v) is 2.92. The van der Waals surface area contributed by atoms with Crippen molar-refractivity contribution < 1.29 is 4.79 Å². The number of aromatic nitrogens is 1. The maximum atomic E-state index is 9.77. The summed E-state index contributed by atoms with van der Waals surface area (Å²) in [5.41, 5.74) is 1.22. The second-order valence-electron chi connectivity index (χ2n) is 4.87. The van der Waals surface area contributed by atoms with E-state index in [2.05, 4.69) is 31.0 Å². The Morgan fingerprint density at radius 2 is 1.81 bits per heavy atom. The van der Waals surface area contributed by atoms with Gasteiger partial charge >= 0.3 is 0 Å². The normalized spacial score (nSPS) is 10.6. The van der Waals surface area contributed by atoms with Crippen LogP contribution in [0.3, 0.4) is 0 Å². The minimum Gasteiger partial charge on any atom is -0.299 e. The van der Waals surface area contributed by atoms with E-state index in [0.29, 0.717) is 0 Å². The highest BCUT2D eigenvalue weighted by atomic mass is 16.1. The molecule has 0 N–H and O–H groups in total. The minimum atomic E-state index is 0.782. The molecule has 0 aliphatic heterocycles. The standard InChI is InChI=1S/C10H15N.C9H14O/c1-2-3-4-7-10-8-5-6-9-11-10;1-2-3-4-5-6-7-8-9-10/h5-6,8-9H,2-4,7H2,1H3;5-9H,2-4H2,1H3. The topological polar surface area (TPSA) is 30.0 Å². The molecular weight excluding hydrogens is 258 g/mol. The lowest BCUT2D eigenvalue weighted by atomic mass is 10.1. The van der Waals surface area contributed by atoms with Crippen molar-refractivity contribution in [3.63, 3.8) is 0 Å². The molecule has 1 heterocycles. The Morgan fingerprint density at radius 1 is 1.00 bits per heavy atom. The molecule has 2 nitrogen and oxygen atoms in total. The zero-order valence-corrected chi connectivity index (χ0v) is 13.5. The van der Waals surface area contributed by atoms with Crippen molar-refractivity contribution in [3.05, 3.63) is 54.4 Å². The predicted molar refractivity (Wildman–Crippen MR) is 91.3 cm³/mol. The molecule has 0 aromatic carbocycles. The Balaban J connectivity index is 0.000000384. The van der Waals surface area contributed by atoms with Gasteiger partial charge in [0.15, 0.2) is 0 Å². The fraction of sp³-hybridized carbons (Fsp3) is 0.474. The maximum absolute atomic E-state index is 9.77. The third kappa shape index (κ3) is 14.5. The van der Waals surface area contributed by atoms with Gasteiger partial charge in [-0.3, -0.25) is 9.78 Å². The number of unbranched alkanes of at least 4 members (excludes halogenated alkanes) is 4. The van der Waals surface area contributed by atoms with Gasteiger partial charge in [-0.15, -0.1) is 0 Å². The summed E-state index contributed by atoms with van der Waals surface area (Å²) in [6, 6.07) is 6.10. The number of carbonyl (C=O) groups is 1. The van der Waals surface area contributed by atoms with Crippen molar-refractivity contribution in [3.8, 4) is 0 Å². The molecule has 0 spiro atoms. The van der Waals surface area contributed by atoms with Gasteiger partial charge in [-0.05, 0) is 37.5 Å². The van der Waals surface area contributed by atoms with E-state index in [0.717, 1.165) is 19.1 Å². The number of pyridine rings is 1. The van der Waals surface area contributed by atoms with Crippen LogP contribution in [0.25, 0.3) is 0 Å². The van der Waals surface area contributed by atoms with Crippen LogP contribution in [0, 0.1) is 0 Å². The van der Waals surface area contributed by atoms with E-state index in [1.165, 1.54) is 43.9 Å². The molecule has 1 rings (SSSR count). The van der Waals surface area contributed by atoms with Crippen molar-refractivity contribution in [1.29, 1.82) is 0 Å². The molecule has 0 aliphatic rings. The van der Waals surface area contributed by atoms with E-state index >= 15 is 0 Å². The fourth-order valence-corrected chi connectivity index (χ4v) is 1.71. The van der Waals surface area contributed by atoms with E-state index in [4.69, 9.17) is 0 Å². The molecule has 0 amide bonds. The van der Waals surface area contributed by atoms with Gasteiger partial charge in [0.25, 0.3) is 0 Å². The average molecular weight is 287 g/mol. The Bertz CT molecular complexity index is 382. The van der Waals surface area contributed by atoms with Crippen molar-refractivity contribution in [1.82, 2.24) is 4.98 Å². The summed E-state index contributed by atoms with van der Waals surface area (Å²) in [6.45, 7) is 4.38. The first-order chi connectivity index (χ1) is 10.3. The summed E-state index contributed by atoms with van der Waals surface area (Å²) in [7, 11) is 0. The van der Waals surface area contributed by atoms with Crippen molar-refractivity contribution >= 4 is 6.29 Å². The van der Waals surface area contributed by atoms with Crippen LogP contribution in [0.1, 0.15) is 58.1 Å². The molecule has 0 saturated heterocycles. The van der Waals surface area contributed by atoms with Gasteiger partial charge in [0.1, 0.15) is 6.29 Å². The Hall–Kier alpha value is -1.70. The van der Waals surface area contributed by atoms with Gasteiger partial charge in [0.2, 0.25) is 0 Å². The van der Waals surface area contributed by atoms with Crippen LogP contribution in [0.5, 0.6) is 0 Å². The largest absolute Gasteiger partial charge is 0.299 e. The molecule has 0 atom stereocenters. The van der Waals surface area contributed by atoms with Crippen LogP contribution >= 0.6 is 0 Å². The Morgan fingerprint density at radius 3 is 2.43 bits per heavy atom. The first kappa shape index (κ1) is 19.3. The highest BCUT2D eigenvalue weighted by molar-refractivity contribution is 5.65. The number of hydrogen-bond donors (Lipinski definition) is 0. The summed E-state index contributed by atoms with van der Waals surface area (Å²) in [4.78, 5) is 14.0. The van der Waals surface area contributed by atoms with Gasteiger partial charge < -0.3 is 0 Å². The number of carbonyl (C=O) groups excluding carboxylic acids is 1. The Kier molecular flexibility index (Phi) is 15.0. The highest BCUT2D eigenvalue weighted by Crippen LogP contribution is 2.02. The molecule has 0 radical (unpaired) electrons. The van der Waals surface area contributed by atoms with Crippen molar-refractivity contribution in [2.24, 2.45) is 0 Å². The number of hydrogen-bond acceptors (Lipinski definition) is 2. The summed E-state index contributed by atoms with van der Waals surface area (Å²) in [5, 5.41) is 0. The summed E-state index contributed by atoms with van der Waals surface area (Å²) < 4.78 is 0. The van der Waals surface area contributed by atoms with E-state index in [-0.39, 0.29) is 0 Å². The molecule has 0 unspecified atom stereocenters. The summed E-state index contributed by atoms with van der Waals surface area (Å²) in [6.07, 6.45) is 18.4. The smallest absolute Gasteiger partial charge is 0.142 e. The Labute approximate surface area is 130 Å². The van der Waals surface area contributed by atoms with Gasteiger partial charge in [0, 0.05) is 11.9 Å². The number of rotatable bonds is 9. The van der Waals surface area contributed by atoms with E-state index in [1.54, 1.807) is 6.08 Å². The number of aryl methyl sites for hydroxylation is 1. The predicted octanol–water partition coefficient (Wildman–Crippen LogP) is 5.30. The number of nitrogens with zero attached hydrogens (tertiary/aromatic N) is 1. The van der Waals surface area contributed by atoms with Gasteiger partial charge in [-0.25, -0.2) is 0 Å². The first-order valence-electron chi connectivity index (χ1n) is 8.02. The molecule has 1 aromatic rings. The zero-order valence-electron chi connectivity index (χ0n) is 13.5. The highest BCUT2D eigenvalue weighted by Gasteiger charge is 1.90. The molecular formula is C19H29NO. The second-order valence-corrected chi connectivity index (χ2v) is 4.87. The number of allylic oxidation sites excluding steroid dienone is 4. The SMILES string of the molecule is CCCCC=CC=CC=O.CCCCCc1ccccn1. The van der Waals surface area contributed by atoms with Crippen LogP contribution in [-0.2, 0) is 11.2 Å². The third-order valence-electron chi connectivity index (χ3n) is 2.92. The van der Waals surface area contributed by atoms with Crippen molar-refractivity contribution in [2.45, 2.75) is 58.8 Å². The van der Waals surface area contributed by atoms with Gasteiger partial charge in [-0.1, -0.05) is 63.8 Å². The maximum Gasteiger partial charge on any atom is 0.142 e. The monoisotopic (exact) mass is 287 g/mol. The van der Waals surface area contributed by atoms with Gasteiger partial charge in [-0.2, -0.15) is 0 Å². The lowest BCUT2D eigenvalue weighted by Gasteiger charge is -1.97. The lowest BCUT2D eigenvalue weighted by molar-refractivity contribution is -0.104. The lowest BCUT2D eigenvalue weighted by Crippen LogP contribution is -1.87. The average Bonchev–Trinajstić information content (AvgIpc) is 2.53. The molecule has 0 aliphatic carbocycles. The summed E-state index contributed by atoms with van der Waals surface area (Å²) >= 11 is 0. The van der Waals surface area contributed by atoms with Crippen LogP contribution in [0.15, 0.2) is 48.7 Å². The molecule has 116 valence electrons.